The van der Waals surface area contributed by atoms with E-state index in [0.29, 0.717) is 30.1 Å². The van der Waals surface area contributed by atoms with Gasteiger partial charge in [-0.2, -0.15) is 0 Å². The van der Waals surface area contributed by atoms with Crippen LogP contribution in [0.3, 0.4) is 0 Å². The maximum Gasteiger partial charge on any atom is 0.242 e. The summed E-state index contributed by atoms with van der Waals surface area (Å²) in [5, 5.41) is 15.7. The minimum Gasteiger partial charge on any atom is -0.354 e. The molecule has 290 valence electrons. The summed E-state index contributed by atoms with van der Waals surface area (Å²) >= 11 is 4.69. The van der Waals surface area contributed by atoms with Gasteiger partial charge in [0, 0.05) is 6.54 Å². The monoisotopic (exact) mass is 828 g/mol. The summed E-state index contributed by atoms with van der Waals surface area (Å²) in [6.07, 6.45) is 1.12. The summed E-state index contributed by atoms with van der Waals surface area (Å²) in [5.41, 5.74) is 3.79. The van der Waals surface area contributed by atoms with Crippen LogP contribution in [0.1, 0.15) is 71.1 Å². The van der Waals surface area contributed by atoms with Crippen LogP contribution in [0.25, 0.3) is 0 Å². The summed E-state index contributed by atoms with van der Waals surface area (Å²) in [6.45, 7) is 7.98. The van der Waals surface area contributed by atoms with Crippen molar-refractivity contribution in [2.45, 2.75) is 64.7 Å². The van der Waals surface area contributed by atoms with Gasteiger partial charge in [0.25, 0.3) is 0 Å². The first-order valence-corrected chi connectivity index (χ1v) is 20.3. The summed E-state index contributed by atoms with van der Waals surface area (Å²) in [7, 11) is 1.63. The molecule has 4 amide bonds. The minimum absolute atomic E-state index is 0.150. The molecule has 11 nitrogen and oxygen atoms in total. The summed E-state index contributed by atoms with van der Waals surface area (Å²) in [5.74, 6) is -1.60. The third-order valence-corrected chi connectivity index (χ3v) is 10.4. The second-order valence-corrected chi connectivity index (χ2v) is 15.9. The molecule has 0 aliphatic heterocycles. The van der Waals surface area contributed by atoms with Crippen LogP contribution >= 0.6 is 11.6 Å². The van der Waals surface area contributed by atoms with Crippen LogP contribution in [0.5, 0.6) is 0 Å². The van der Waals surface area contributed by atoms with Crippen LogP contribution in [0.2, 0.25) is 5.02 Å². The molecule has 0 spiro atoms. The first-order chi connectivity index (χ1) is 26.3. The molecule has 5 N–H and O–H groups in total. The number of hydrogen-bond donors (Lipinski definition) is 5. The number of nitrogens with zero attached hydrogens (tertiary/aromatic N) is 1. The van der Waals surface area contributed by atoms with E-state index in [1.54, 1.807) is 44.3 Å². The molecule has 0 heterocycles. The number of nitrogens with one attached hydrogen (secondary N) is 5. The first-order valence-electron chi connectivity index (χ1n) is 18.3. The molecule has 0 saturated heterocycles. The molecule has 13 heteroatoms. The third kappa shape index (κ3) is 13.5. The molecule has 0 bridgehead atoms. The zero-order valence-electron chi connectivity index (χ0n) is 31.8. The number of carbonyl (C=O) groups excluding carboxylic acids is 4. The molecule has 0 aliphatic rings. The maximum atomic E-state index is 13.9. The molecule has 0 saturated carbocycles. The van der Waals surface area contributed by atoms with Crippen LogP contribution in [0.15, 0.2) is 103 Å². The number of amides is 4. The van der Waals surface area contributed by atoms with Crippen molar-refractivity contribution in [1.29, 1.82) is 0 Å². The Morgan fingerprint density at radius 1 is 0.727 bits per heavy atom. The van der Waals surface area contributed by atoms with Gasteiger partial charge in [-0.1, -0.05) is 44.2 Å². The van der Waals surface area contributed by atoms with Gasteiger partial charge in [0.2, 0.25) is 5.91 Å². The number of anilines is 1. The van der Waals surface area contributed by atoms with Gasteiger partial charge < -0.3 is 5.32 Å². The molecule has 0 aromatic heterocycles. The zero-order valence-corrected chi connectivity index (χ0v) is 34.5. The summed E-state index contributed by atoms with van der Waals surface area (Å²) < 4.78 is 13.5. The second kappa shape index (κ2) is 21.3. The Bertz CT molecular complexity index is 1920. The van der Waals surface area contributed by atoms with Gasteiger partial charge in [-0.05, 0) is 17.9 Å². The van der Waals surface area contributed by atoms with E-state index in [2.05, 4.69) is 26.6 Å². The van der Waals surface area contributed by atoms with E-state index in [4.69, 9.17) is 11.6 Å². The van der Waals surface area contributed by atoms with Crippen molar-refractivity contribution in [2.24, 2.45) is 5.92 Å². The van der Waals surface area contributed by atoms with E-state index in [1.807, 2.05) is 87.5 Å². The van der Waals surface area contributed by atoms with E-state index >= 15 is 0 Å². The van der Waals surface area contributed by atoms with Gasteiger partial charge >= 0.3 is 246 Å². The SMILES string of the molecule is CC(C)[C@H](NC(=O)[C@H](C)NC[C@H](Cc1ccccc1)NC(=O)c1cc(C(=O)N[C@H](C)c2cccc(Cl)c2)cc(N(C)[As]=O)c1)C(=O)NCCc1ccccc1. The number of benzene rings is 4. The molecule has 0 fully saturated rings. The normalized spacial score (nSPS) is 13.3. The Labute approximate surface area is 335 Å². The fourth-order valence-electron chi connectivity index (χ4n) is 5.90. The second-order valence-electron chi connectivity index (χ2n) is 13.9. The van der Waals surface area contributed by atoms with E-state index in [9.17, 15) is 22.9 Å². The van der Waals surface area contributed by atoms with Crippen molar-refractivity contribution in [3.63, 3.8) is 0 Å². The molecule has 0 radical (unpaired) electrons. The summed E-state index contributed by atoms with van der Waals surface area (Å²) in [6, 6.07) is 29.1. The van der Waals surface area contributed by atoms with Crippen LogP contribution in [-0.2, 0) is 26.2 Å². The Morgan fingerprint density at radius 3 is 1.95 bits per heavy atom. The standard InChI is InChI=1S/C42H50AsClN6O5/c1-27(2)38(42(54)45-20-19-30-13-8-6-9-14-30)49-39(51)29(4)46-26-36(21-31-15-10-7-11-16-31)48-41(53)34-22-33(24-37(25-34)50(5)43-55)40(52)47-28(3)32-17-12-18-35(44)23-32/h6-18,22-25,27-29,36,38,46H,19-21,26H2,1-5H3,(H,45,54)(H,47,52)(H,48,53)(H,49,51)/t28-,29+,36+,38+/m1/s1. The number of rotatable bonds is 19. The molecule has 0 aliphatic carbocycles. The average molecular weight is 829 g/mol. The predicted molar refractivity (Wildman–Crippen MR) is 217 cm³/mol. The van der Waals surface area contributed by atoms with Gasteiger partial charge in [0.05, 0.1) is 0 Å². The quantitative estimate of drug-likeness (QED) is 0.0832. The molecule has 4 aromatic carbocycles. The summed E-state index contributed by atoms with van der Waals surface area (Å²) in [4.78, 5) is 53.9. The maximum absolute atomic E-state index is 13.9. The largest absolute Gasteiger partial charge is 0.354 e. The van der Waals surface area contributed by atoms with Gasteiger partial charge in [-0.3, -0.25) is 4.79 Å². The van der Waals surface area contributed by atoms with Crippen molar-refractivity contribution in [3.8, 4) is 0 Å². The number of hydrogen-bond acceptors (Lipinski definition) is 6. The molecular weight excluding hydrogens is 779 g/mol. The minimum atomic E-state index is -1.47. The fraction of sp³-hybridized carbons (Fsp3) is 0.333. The smallest absolute Gasteiger partial charge is 0.242 e. The Morgan fingerprint density at radius 2 is 1.35 bits per heavy atom. The van der Waals surface area contributed by atoms with Crippen molar-refractivity contribution >= 4 is 56.8 Å². The molecule has 4 atom stereocenters. The van der Waals surface area contributed by atoms with E-state index in [0.717, 1.165) is 16.7 Å². The molecule has 0 unspecified atom stereocenters. The van der Waals surface area contributed by atoms with Crippen LogP contribution < -0.4 is 30.4 Å². The van der Waals surface area contributed by atoms with Crippen LogP contribution in [0.4, 0.5) is 5.69 Å². The number of carbonyl (C=O) groups is 4. The fourth-order valence-corrected chi connectivity index (χ4v) is 6.54. The Hall–Kier alpha value is -4.83. The van der Waals surface area contributed by atoms with Crippen molar-refractivity contribution in [2.75, 3.05) is 24.0 Å². The van der Waals surface area contributed by atoms with Crippen LogP contribution in [-0.4, -0.2) is 77.8 Å². The van der Waals surface area contributed by atoms with Gasteiger partial charge in [-0.15, -0.1) is 0 Å². The Kier molecular flexibility index (Phi) is 16.6. The average Bonchev–Trinajstić information content (AvgIpc) is 3.18. The first kappa shape index (κ1) is 42.9. The predicted octanol–water partition coefficient (Wildman–Crippen LogP) is 5.05. The molecular formula is C42H50AsClN6O5. The van der Waals surface area contributed by atoms with E-state index < -0.39 is 45.9 Å². The van der Waals surface area contributed by atoms with Gasteiger partial charge in [0.15, 0.2) is 0 Å². The third-order valence-electron chi connectivity index (χ3n) is 9.16. The molecule has 55 heavy (non-hydrogen) atoms. The van der Waals surface area contributed by atoms with Crippen molar-refractivity contribution in [3.05, 3.63) is 136 Å². The van der Waals surface area contributed by atoms with E-state index in [1.165, 1.54) is 9.88 Å². The Balaban J connectivity index is 1.45. The van der Waals surface area contributed by atoms with Crippen molar-refractivity contribution in [1.82, 2.24) is 26.6 Å². The van der Waals surface area contributed by atoms with Gasteiger partial charge in [-0.25, -0.2) is 0 Å². The molecule has 4 aromatic rings. The van der Waals surface area contributed by atoms with Crippen molar-refractivity contribution < 1.29 is 22.9 Å². The number of halogens is 1. The van der Waals surface area contributed by atoms with Gasteiger partial charge in [0.1, 0.15) is 6.04 Å². The topological polar surface area (TPSA) is 149 Å². The van der Waals surface area contributed by atoms with E-state index in [-0.39, 0.29) is 41.4 Å². The molecule has 4 rings (SSSR count). The zero-order chi connectivity index (χ0) is 39.9. The van der Waals surface area contributed by atoms with Crippen LogP contribution in [0, 0.1) is 5.92 Å².